The molecular formula is C15H10N2O2. The van der Waals surface area contributed by atoms with Gasteiger partial charge in [-0.3, -0.25) is 0 Å². The first kappa shape index (κ1) is 11.3. The SMILES string of the molecule is C=Cc1cccc2nc3cccc(C(=O)O)c3nc12. The average molecular weight is 250 g/mol. The lowest BCUT2D eigenvalue weighted by molar-refractivity contribution is 0.0699. The number of para-hydroxylation sites is 2. The number of aromatic nitrogens is 2. The summed E-state index contributed by atoms with van der Waals surface area (Å²) in [6, 6.07) is 10.6. The molecule has 0 atom stereocenters. The molecule has 3 rings (SSSR count). The second kappa shape index (κ2) is 4.17. The van der Waals surface area contributed by atoms with E-state index in [0.29, 0.717) is 16.6 Å². The lowest BCUT2D eigenvalue weighted by atomic mass is 10.1. The van der Waals surface area contributed by atoms with Crippen molar-refractivity contribution in [3.05, 3.63) is 54.1 Å². The van der Waals surface area contributed by atoms with Crippen LogP contribution < -0.4 is 0 Å². The van der Waals surface area contributed by atoms with Crippen molar-refractivity contribution < 1.29 is 9.90 Å². The summed E-state index contributed by atoms with van der Waals surface area (Å²) in [5.74, 6) is -1.00. The third-order valence-corrected chi connectivity index (χ3v) is 2.98. The van der Waals surface area contributed by atoms with Crippen molar-refractivity contribution in [3.8, 4) is 0 Å². The third-order valence-electron chi connectivity index (χ3n) is 2.98. The fourth-order valence-electron chi connectivity index (χ4n) is 2.08. The Morgan fingerprint density at radius 3 is 2.42 bits per heavy atom. The minimum atomic E-state index is -1.00. The van der Waals surface area contributed by atoms with Crippen LogP contribution in [0.15, 0.2) is 43.0 Å². The Morgan fingerprint density at radius 1 is 1.05 bits per heavy atom. The lowest BCUT2D eigenvalue weighted by Gasteiger charge is -2.05. The summed E-state index contributed by atoms with van der Waals surface area (Å²) in [5.41, 5.74) is 3.37. The van der Waals surface area contributed by atoms with Crippen LogP contribution in [0.3, 0.4) is 0 Å². The largest absolute Gasteiger partial charge is 0.478 e. The van der Waals surface area contributed by atoms with Crippen LogP contribution in [0, 0.1) is 0 Å². The molecule has 0 fully saturated rings. The number of hydrogen-bond donors (Lipinski definition) is 1. The number of benzene rings is 2. The van der Waals surface area contributed by atoms with Gasteiger partial charge in [-0.15, -0.1) is 0 Å². The van der Waals surface area contributed by atoms with Crippen LogP contribution in [-0.4, -0.2) is 21.0 Å². The van der Waals surface area contributed by atoms with Gasteiger partial charge in [0.25, 0.3) is 0 Å². The van der Waals surface area contributed by atoms with Crippen LogP contribution in [0.2, 0.25) is 0 Å². The van der Waals surface area contributed by atoms with E-state index in [4.69, 9.17) is 0 Å². The maximum absolute atomic E-state index is 11.2. The van der Waals surface area contributed by atoms with E-state index < -0.39 is 5.97 Å². The normalized spacial score (nSPS) is 10.7. The van der Waals surface area contributed by atoms with Crippen LogP contribution in [0.5, 0.6) is 0 Å². The molecule has 0 saturated heterocycles. The quantitative estimate of drug-likeness (QED) is 0.710. The predicted molar refractivity (Wildman–Crippen MR) is 74.1 cm³/mol. The van der Waals surface area contributed by atoms with Crippen LogP contribution >= 0.6 is 0 Å². The zero-order valence-electron chi connectivity index (χ0n) is 10.00. The summed E-state index contributed by atoms with van der Waals surface area (Å²) in [4.78, 5) is 20.1. The Balaban J connectivity index is 2.50. The van der Waals surface area contributed by atoms with Gasteiger partial charge >= 0.3 is 5.97 Å². The Hall–Kier alpha value is -2.75. The second-order valence-corrected chi connectivity index (χ2v) is 4.12. The fraction of sp³-hybridized carbons (Fsp3) is 0. The Morgan fingerprint density at radius 2 is 1.74 bits per heavy atom. The number of fused-ring (bicyclic) bond motifs is 2. The minimum absolute atomic E-state index is 0.158. The van der Waals surface area contributed by atoms with Crippen LogP contribution in [0.25, 0.3) is 28.1 Å². The Bertz CT molecular complexity index is 825. The number of hydrogen-bond acceptors (Lipinski definition) is 3. The van der Waals surface area contributed by atoms with Crippen LogP contribution in [0.1, 0.15) is 15.9 Å². The number of nitrogens with zero attached hydrogens (tertiary/aromatic N) is 2. The monoisotopic (exact) mass is 250 g/mol. The smallest absolute Gasteiger partial charge is 0.337 e. The third kappa shape index (κ3) is 1.74. The summed E-state index contributed by atoms with van der Waals surface area (Å²) < 4.78 is 0. The molecule has 0 amide bonds. The number of rotatable bonds is 2. The first-order valence-electron chi connectivity index (χ1n) is 5.76. The van der Waals surface area contributed by atoms with E-state index in [-0.39, 0.29) is 5.56 Å². The highest BCUT2D eigenvalue weighted by atomic mass is 16.4. The standard InChI is InChI=1S/C15H10N2O2/c1-2-9-5-3-7-11-13(9)17-14-10(15(18)19)6-4-8-12(14)16-11/h2-8H,1H2,(H,18,19). The molecule has 0 aliphatic heterocycles. The maximum Gasteiger partial charge on any atom is 0.337 e. The summed E-state index contributed by atoms with van der Waals surface area (Å²) in [5, 5.41) is 9.19. The number of carbonyl (C=O) groups is 1. The van der Waals surface area contributed by atoms with Crippen molar-refractivity contribution in [3.63, 3.8) is 0 Å². The highest BCUT2D eigenvalue weighted by Gasteiger charge is 2.12. The molecule has 3 aromatic rings. The highest BCUT2D eigenvalue weighted by Crippen LogP contribution is 2.22. The van der Waals surface area contributed by atoms with E-state index in [1.54, 1.807) is 18.2 Å². The van der Waals surface area contributed by atoms with Gasteiger partial charge in [-0.05, 0) is 18.2 Å². The van der Waals surface area contributed by atoms with E-state index in [1.807, 2.05) is 18.2 Å². The van der Waals surface area contributed by atoms with Crippen LogP contribution in [-0.2, 0) is 0 Å². The first-order chi connectivity index (χ1) is 9.20. The molecule has 0 spiro atoms. The summed E-state index contributed by atoms with van der Waals surface area (Å²) in [7, 11) is 0. The molecule has 1 heterocycles. The summed E-state index contributed by atoms with van der Waals surface area (Å²) in [6.45, 7) is 3.73. The van der Waals surface area contributed by atoms with Gasteiger partial charge in [0.2, 0.25) is 0 Å². The Kier molecular flexibility index (Phi) is 2.49. The van der Waals surface area contributed by atoms with E-state index >= 15 is 0 Å². The molecule has 4 nitrogen and oxygen atoms in total. The van der Waals surface area contributed by atoms with E-state index in [1.165, 1.54) is 6.07 Å². The molecule has 0 aliphatic rings. The number of carboxylic acid groups (broad SMARTS) is 1. The van der Waals surface area contributed by atoms with Crippen LogP contribution in [0.4, 0.5) is 0 Å². The van der Waals surface area contributed by atoms with Gasteiger partial charge in [0, 0.05) is 5.56 Å². The molecule has 0 bridgehead atoms. The highest BCUT2D eigenvalue weighted by molar-refractivity contribution is 6.03. The zero-order chi connectivity index (χ0) is 13.4. The lowest BCUT2D eigenvalue weighted by Crippen LogP contribution is -2.00. The molecular weight excluding hydrogens is 240 g/mol. The first-order valence-corrected chi connectivity index (χ1v) is 5.76. The molecule has 0 saturated carbocycles. The van der Waals surface area contributed by atoms with Crippen molar-refractivity contribution >= 4 is 34.1 Å². The molecule has 0 aliphatic carbocycles. The zero-order valence-corrected chi connectivity index (χ0v) is 10.00. The van der Waals surface area contributed by atoms with Gasteiger partial charge in [0.1, 0.15) is 5.52 Å². The van der Waals surface area contributed by atoms with E-state index in [9.17, 15) is 9.90 Å². The minimum Gasteiger partial charge on any atom is -0.478 e. The van der Waals surface area contributed by atoms with Crippen molar-refractivity contribution in [1.29, 1.82) is 0 Å². The van der Waals surface area contributed by atoms with Gasteiger partial charge in [0.15, 0.2) is 0 Å². The van der Waals surface area contributed by atoms with E-state index in [2.05, 4.69) is 16.5 Å². The fourth-order valence-corrected chi connectivity index (χ4v) is 2.08. The molecule has 4 heteroatoms. The van der Waals surface area contributed by atoms with E-state index in [0.717, 1.165) is 11.1 Å². The molecule has 1 aromatic heterocycles. The van der Waals surface area contributed by atoms with Gasteiger partial charge in [-0.25, -0.2) is 14.8 Å². The molecule has 2 aromatic carbocycles. The second-order valence-electron chi connectivity index (χ2n) is 4.12. The van der Waals surface area contributed by atoms with Gasteiger partial charge in [0.05, 0.1) is 22.1 Å². The van der Waals surface area contributed by atoms with Gasteiger partial charge < -0.3 is 5.11 Å². The molecule has 92 valence electrons. The number of aromatic carboxylic acids is 1. The molecule has 1 N–H and O–H groups in total. The molecule has 0 unspecified atom stereocenters. The summed E-state index contributed by atoms with van der Waals surface area (Å²) >= 11 is 0. The molecule has 0 radical (unpaired) electrons. The van der Waals surface area contributed by atoms with Crippen molar-refractivity contribution in [2.45, 2.75) is 0 Å². The van der Waals surface area contributed by atoms with Gasteiger partial charge in [-0.2, -0.15) is 0 Å². The van der Waals surface area contributed by atoms with Crippen molar-refractivity contribution in [2.75, 3.05) is 0 Å². The predicted octanol–water partition coefficient (Wildman–Crippen LogP) is 3.12. The van der Waals surface area contributed by atoms with Gasteiger partial charge in [-0.1, -0.05) is 30.9 Å². The topological polar surface area (TPSA) is 63.1 Å². The maximum atomic E-state index is 11.2. The van der Waals surface area contributed by atoms with Crippen molar-refractivity contribution in [2.24, 2.45) is 0 Å². The average Bonchev–Trinajstić information content (AvgIpc) is 2.43. The summed E-state index contributed by atoms with van der Waals surface area (Å²) in [6.07, 6.45) is 1.69. The number of carboxylic acids is 1. The molecule has 19 heavy (non-hydrogen) atoms. The Labute approximate surface area is 109 Å². The van der Waals surface area contributed by atoms with Crippen molar-refractivity contribution in [1.82, 2.24) is 9.97 Å².